The van der Waals surface area contributed by atoms with E-state index in [0.29, 0.717) is 49.5 Å². The van der Waals surface area contributed by atoms with Gasteiger partial charge in [0, 0.05) is 50.3 Å². The van der Waals surface area contributed by atoms with Crippen LogP contribution in [0.15, 0.2) is 53.7 Å². The van der Waals surface area contributed by atoms with E-state index in [4.69, 9.17) is 15.5 Å². The van der Waals surface area contributed by atoms with Gasteiger partial charge in [-0.3, -0.25) is 23.9 Å². The summed E-state index contributed by atoms with van der Waals surface area (Å²) in [5.41, 5.74) is 9.33. The van der Waals surface area contributed by atoms with Crippen molar-refractivity contribution in [3.63, 3.8) is 0 Å². The van der Waals surface area contributed by atoms with Crippen LogP contribution < -0.4 is 21.2 Å². The number of anilines is 1. The Morgan fingerprint density at radius 1 is 1.23 bits per heavy atom. The number of morpholine rings is 1. The van der Waals surface area contributed by atoms with Gasteiger partial charge in [0.2, 0.25) is 11.5 Å². The monoisotopic (exact) mass is 474 g/mol. The summed E-state index contributed by atoms with van der Waals surface area (Å²) < 4.78 is 8.61. The molecule has 10 heteroatoms. The number of aromatic nitrogens is 4. The second kappa shape index (κ2) is 9.77. The lowest BCUT2D eigenvalue weighted by molar-refractivity contribution is -0.649. The van der Waals surface area contributed by atoms with E-state index in [9.17, 15) is 9.59 Å². The lowest BCUT2D eigenvalue weighted by Crippen LogP contribution is -2.44. The highest BCUT2D eigenvalue weighted by atomic mass is 16.5. The summed E-state index contributed by atoms with van der Waals surface area (Å²) >= 11 is 0. The molecule has 4 aromatic heterocycles. The molecule has 0 unspecified atom stereocenters. The van der Waals surface area contributed by atoms with Gasteiger partial charge in [-0.2, -0.15) is 0 Å². The van der Waals surface area contributed by atoms with Crippen molar-refractivity contribution in [2.75, 3.05) is 45.1 Å². The molecule has 0 saturated carbocycles. The first kappa shape index (κ1) is 22.9. The van der Waals surface area contributed by atoms with Gasteiger partial charge in [0.05, 0.1) is 19.8 Å². The fourth-order valence-corrected chi connectivity index (χ4v) is 4.37. The van der Waals surface area contributed by atoms with Crippen molar-refractivity contribution in [2.45, 2.75) is 13.5 Å². The Bertz CT molecular complexity index is 1450. The summed E-state index contributed by atoms with van der Waals surface area (Å²) in [6.07, 6.45) is 5.07. The van der Waals surface area contributed by atoms with E-state index in [-0.39, 0.29) is 22.8 Å². The molecule has 0 bridgehead atoms. The van der Waals surface area contributed by atoms with E-state index in [1.54, 1.807) is 35.3 Å². The van der Waals surface area contributed by atoms with E-state index in [2.05, 4.69) is 15.2 Å². The van der Waals surface area contributed by atoms with Gasteiger partial charge in [-0.15, -0.1) is 0 Å². The second-order valence-electron chi connectivity index (χ2n) is 8.63. The number of nitrogens with zero attached hydrogens (tertiary/aromatic N) is 5. The maximum absolute atomic E-state index is 13.5. The first-order valence-corrected chi connectivity index (χ1v) is 11.6. The van der Waals surface area contributed by atoms with E-state index >= 15 is 0 Å². The number of hydrogen-bond acceptors (Lipinski definition) is 7. The molecule has 4 aromatic rings. The number of rotatable bonds is 6. The zero-order chi connectivity index (χ0) is 24.4. The first-order valence-electron chi connectivity index (χ1n) is 11.6. The zero-order valence-electron chi connectivity index (χ0n) is 19.6. The van der Waals surface area contributed by atoms with Crippen molar-refractivity contribution < 1.29 is 14.1 Å². The predicted molar refractivity (Wildman–Crippen MR) is 131 cm³/mol. The summed E-state index contributed by atoms with van der Waals surface area (Å²) in [5, 5.41) is 3.28. The minimum atomic E-state index is -0.324. The molecule has 1 aliphatic heterocycles. The van der Waals surface area contributed by atoms with Crippen LogP contribution in [-0.2, 0) is 11.3 Å². The number of carbonyl (C=O) groups is 1. The van der Waals surface area contributed by atoms with Gasteiger partial charge in [-0.25, -0.2) is 4.57 Å². The van der Waals surface area contributed by atoms with Crippen molar-refractivity contribution in [1.29, 1.82) is 0 Å². The van der Waals surface area contributed by atoms with Gasteiger partial charge < -0.3 is 15.8 Å². The Kier molecular flexibility index (Phi) is 6.39. The Labute approximate surface area is 202 Å². The molecule has 0 radical (unpaired) electrons. The van der Waals surface area contributed by atoms with Crippen molar-refractivity contribution in [3.8, 4) is 0 Å². The molecule has 0 atom stereocenters. The topological polar surface area (TPSA) is 119 Å². The van der Waals surface area contributed by atoms with Crippen LogP contribution >= 0.6 is 0 Å². The third-order valence-electron chi connectivity index (χ3n) is 6.33. The van der Waals surface area contributed by atoms with Crippen LogP contribution in [0.1, 0.15) is 21.5 Å². The van der Waals surface area contributed by atoms with E-state index in [0.717, 1.165) is 24.2 Å². The Morgan fingerprint density at radius 2 is 2.00 bits per heavy atom. The molecule has 1 saturated heterocycles. The molecular formula is C25H28N7O3+. The van der Waals surface area contributed by atoms with Gasteiger partial charge in [-0.05, 0) is 36.8 Å². The number of ether oxygens (including phenoxy) is 1. The van der Waals surface area contributed by atoms with Crippen LogP contribution in [0.4, 0.5) is 5.82 Å². The molecule has 0 aliphatic carbocycles. The average Bonchev–Trinajstić information content (AvgIpc) is 2.88. The fourth-order valence-electron chi connectivity index (χ4n) is 4.37. The number of carbonyl (C=O) groups excluding carboxylic acids is 1. The van der Waals surface area contributed by atoms with E-state index in [1.165, 1.54) is 4.40 Å². The fraction of sp³-hybridized carbons (Fsp3) is 0.320. The van der Waals surface area contributed by atoms with Crippen LogP contribution in [-0.4, -0.2) is 64.6 Å². The number of hydrogen-bond donors (Lipinski definition) is 2. The third kappa shape index (κ3) is 4.58. The molecule has 5 heterocycles. The van der Waals surface area contributed by atoms with Crippen LogP contribution in [0.5, 0.6) is 0 Å². The number of nitrogen functional groups attached to an aromatic ring is 1. The highest BCUT2D eigenvalue weighted by molar-refractivity contribution is 6.00. The highest BCUT2D eigenvalue weighted by Crippen LogP contribution is 2.16. The number of fused-ring (bicyclic) bond motifs is 2. The molecule has 1 fully saturated rings. The van der Waals surface area contributed by atoms with Crippen LogP contribution in [0.3, 0.4) is 0 Å². The molecule has 10 nitrogen and oxygen atoms in total. The number of pyridine rings is 3. The first-order chi connectivity index (χ1) is 17.0. The number of nitrogens with two attached hydrogens (primary N) is 1. The molecular weight excluding hydrogens is 446 g/mol. The molecule has 5 rings (SSSR count). The lowest BCUT2D eigenvalue weighted by Gasteiger charge is -2.26. The minimum Gasteiger partial charge on any atom is -0.379 e. The maximum atomic E-state index is 13.5. The van der Waals surface area contributed by atoms with Crippen LogP contribution in [0, 0.1) is 6.92 Å². The smallest absolute Gasteiger partial charge is 0.278 e. The summed E-state index contributed by atoms with van der Waals surface area (Å²) in [7, 11) is 0. The summed E-state index contributed by atoms with van der Waals surface area (Å²) in [4.78, 5) is 37.8. The van der Waals surface area contributed by atoms with Crippen LogP contribution in [0.2, 0.25) is 0 Å². The van der Waals surface area contributed by atoms with Gasteiger partial charge in [0.25, 0.3) is 17.1 Å². The van der Waals surface area contributed by atoms with Gasteiger partial charge in [0.15, 0.2) is 0 Å². The van der Waals surface area contributed by atoms with Gasteiger partial charge in [0.1, 0.15) is 10.9 Å². The molecule has 0 spiro atoms. The predicted octanol–water partition coefficient (Wildman–Crippen LogP) is 0.531. The number of aryl methyl sites for hydroxylation is 1. The third-order valence-corrected chi connectivity index (χ3v) is 6.33. The van der Waals surface area contributed by atoms with E-state index < -0.39 is 0 Å². The molecule has 1 amide bonds. The van der Waals surface area contributed by atoms with Gasteiger partial charge in [-0.1, -0.05) is 11.1 Å². The Morgan fingerprint density at radius 3 is 2.77 bits per heavy atom. The van der Waals surface area contributed by atoms with Crippen molar-refractivity contribution in [1.82, 2.24) is 24.6 Å². The quantitative estimate of drug-likeness (QED) is 0.309. The summed E-state index contributed by atoms with van der Waals surface area (Å²) in [6.45, 7) is 6.51. The Balaban J connectivity index is 1.57. The minimum absolute atomic E-state index is 0.250. The van der Waals surface area contributed by atoms with Crippen molar-refractivity contribution in [2.24, 2.45) is 0 Å². The largest absolute Gasteiger partial charge is 0.379 e. The number of nitrogens with one attached hydrogen (secondary N) is 1. The lowest BCUT2D eigenvalue weighted by atomic mass is 10.1. The molecule has 180 valence electrons. The molecule has 1 aliphatic rings. The molecule has 0 aromatic carbocycles. The Hall–Kier alpha value is -3.89. The zero-order valence-corrected chi connectivity index (χ0v) is 19.6. The number of amides is 1. The second-order valence-corrected chi connectivity index (χ2v) is 8.63. The molecule has 3 N–H and O–H groups in total. The van der Waals surface area contributed by atoms with Crippen molar-refractivity contribution >= 4 is 28.4 Å². The standard InChI is InChI=1S/C25H27N7O3/c1-17-3-2-9-31-22(17)29-23-20(25(31)34)15-19(21(26)32(23)16-18-4-6-27-7-5-18)24(33)28-8-10-30-11-13-35-14-12-30/h2-7,9,15,26H,8,10-14,16H2,1H3,(H,28,33)/p+1. The van der Waals surface area contributed by atoms with E-state index in [1.807, 2.05) is 25.1 Å². The molecule has 35 heavy (non-hydrogen) atoms. The SMILES string of the molecule is Cc1cccn2c(=O)c3cc(C(=O)NCCN4CCOCC4)c(N)[n+](Cc4ccncc4)c3nc12. The average molecular weight is 475 g/mol. The summed E-state index contributed by atoms with van der Waals surface area (Å²) in [6, 6.07) is 9.00. The van der Waals surface area contributed by atoms with Gasteiger partial charge >= 0.3 is 0 Å². The maximum Gasteiger partial charge on any atom is 0.278 e. The van der Waals surface area contributed by atoms with Crippen LogP contribution in [0.25, 0.3) is 16.7 Å². The normalized spacial score (nSPS) is 14.4. The highest BCUT2D eigenvalue weighted by Gasteiger charge is 2.25. The van der Waals surface area contributed by atoms with Crippen molar-refractivity contribution in [3.05, 3.63) is 76.0 Å². The summed E-state index contributed by atoms with van der Waals surface area (Å²) in [5.74, 6) is -0.0714.